The highest BCUT2D eigenvalue weighted by Crippen LogP contribution is 2.09. The Morgan fingerprint density at radius 2 is 2.09 bits per heavy atom. The number of amidine groups is 1. The molecule has 58 valence electrons. The standard InChI is InChI=1S/C8H9ClN2/c9-5-6-3-1-2-4-7(6)8(10)11/h1-4H,5H2,(H3,10,11). The van der Waals surface area contributed by atoms with E-state index >= 15 is 0 Å². The first-order valence-electron chi connectivity index (χ1n) is 3.24. The predicted molar refractivity (Wildman–Crippen MR) is 47.0 cm³/mol. The van der Waals surface area contributed by atoms with Gasteiger partial charge in [0, 0.05) is 11.4 Å². The lowest BCUT2D eigenvalue weighted by molar-refractivity contribution is 1.33. The highest BCUT2D eigenvalue weighted by atomic mass is 35.5. The second kappa shape index (κ2) is 3.39. The summed E-state index contributed by atoms with van der Waals surface area (Å²) in [5, 5.41) is 7.20. The Bertz CT molecular complexity index is 271. The number of rotatable bonds is 2. The second-order valence-corrected chi connectivity index (χ2v) is 2.47. The molecule has 0 unspecified atom stereocenters. The minimum Gasteiger partial charge on any atom is -0.384 e. The van der Waals surface area contributed by atoms with Gasteiger partial charge in [0.1, 0.15) is 5.84 Å². The molecule has 0 fully saturated rings. The van der Waals surface area contributed by atoms with Gasteiger partial charge in [0.05, 0.1) is 0 Å². The Hall–Kier alpha value is -1.02. The molecule has 0 atom stereocenters. The van der Waals surface area contributed by atoms with Crippen molar-refractivity contribution in [1.82, 2.24) is 0 Å². The first kappa shape index (κ1) is 8.08. The fourth-order valence-electron chi connectivity index (χ4n) is 0.900. The summed E-state index contributed by atoms with van der Waals surface area (Å²) in [5.41, 5.74) is 6.94. The van der Waals surface area contributed by atoms with Crippen LogP contribution in [-0.4, -0.2) is 5.84 Å². The second-order valence-electron chi connectivity index (χ2n) is 2.20. The summed E-state index contributed by atoms with van der Waals surface area (Å²) in [7, 11) is 0. The number of nitrogen functional groups attached to an aromatic ring is 1. The van der Waals surface area contributed by atoms with E-state index in [-0.39, 0.29) is 5.84 Å². The summed E-state index contributed by atoms with van der Waals surface area (Å²) in [5.74, 6) is 0.469. The summed E-state index contributed by atoms with van der Waals surface area (Å²) >= 11 is 5.62. The Balaban J connectivity index is 3.12. The molecule has 3 heteroatoms. The maximum atomic E-state index is 7.20. The van der Waals surface area contributed by atoms with Gasteiger partial charge in [-0.1, -0.05) is 24.3 Å². The third kappa shape index (κ3) is 1.71. The normalized spacial score (nSPS) is 9.55. The minimum absolute atomic E-state index is 0.0706. The summed E-state index contributed by atoms with van der Waals surface area (Å²) in [4.78, 5) is 0. The number of nitrogens with one attached hydrogen (secondary N) is 1. The van der Waals surface area contributed by atoms with E-state index < -0.39 is 0 Å². The number of hydrogen-bond acceptors (Lipinski definition) is 1. The third-order valence-electron chi connectivity index (χ3n) is 1.45. The Morgan fingerprint density at radius 1 is 1.45 bits per heavy atom. The van der Waals surface area contributed by atoms with Crippen LogP contribution in [-0.2, 0) is 5.88 Å². The zero-order valence-electron chi connectivity index (χ0n) is 5.97. The number of alkyl halides is 1. The molecule has 0 aliphatic carbocycles. The van der Waals surface area contributed by atoms with E-state index in [9.17, 15) is 0 Å². The Morgan fingerprint density at radius 3 is 2.55 bits per heavy atom. The lowest BCUT2D eigenvalue weighted by atomic mass is 10.1. The molecule has 0 saturated carbocycles. The molecule has 0 spiro atoms. The van der Waals surface area contributed by atoms with Crippen molar-refractivity contribution < 1.29 is 0 Å². The average Bonchev–Trinajstić information content (AvgIpc) is 2.04. The van der Waals surface area contributed by atoms with E-state index in [1.807, 2.05) is 18.2 Å². The van der Waals surface area contributed by atoms with Crippen LogP contribution in [0, 0.1) is 5.41 Å². The van der Waals surface area contributed by atoms with Gasteiger partial charge in [-0.2, -0.15) is 0 Å². The number of halogens is 1. The lowest BCUT2D eigenvalue weighted by Gasteiger charge is -2.02. The molecule has 0 bridgehead atoms. The van der Waals surface area contributed by atoms with Gasteiger partial charge in [0.2, 0.25) is 0 Å². The first-order chi connectivity index (χ1) is 5.25. The molecule has 1 aromatic carbocycles. The van der Waals surface area contributed by atoms with Gasteiger partial charge < -0.3 is 5.73 Å². The fourth-order valence-corrected chi connectivity index (χ4v) is 1.13. The maximum absolute atomic E-state index is 7.20. The van der Waals surface area contributed by atoms with Gasteiger partial charge in [0.25, 0.3) is 0 Å². The molecule has 0 heterocycles. The van der Waals surface area contributed by atoms with E-state index in [1.165, 1.54) is 0 Å². The van der Waals surface area contributed by atoms with E-state index in [1.54, 1.807) is 6.07 Å². The van der Waals surface area contributed by atoms with Gasteiger partial charge in [0.15, 0.2) is 0 Å². The Labute approximate surface area is 70.5 Å². The quantitative estimate of drug-likeness (QED) is 0.394. The molecule has 1 rings (SSSR count). The van der Waals surface area contributed by atoms with Crippen LogP contribution in [0.4, 0.5) is 0 Å². The van der Waals surface area contributed by atoms with Crippen molar-refractivity contribution in [3.8, 4) is 0 Å². The van der Waals surface area contributed by atoms with Crippen molar-refractivity contribution in [2.45, 2.75) is 5.88 Å². The molecule has 2 nitrogen and oxygen atoms in total. The molecule has 1 aromatic rings. The van der Waals surface area contributed by atoms with Crippen LogP contribution in [0.5, 0.6) is 0 Å². The predicted octanol–water partition coefficient (Wildman–Crippen LogP) is 1.71. The maximum Gasteiger partial charge on any atom is 0.123 e. The van der Waals surface area contributed by atoms with Crippen molar-refractivity contribution in [2.75, 3.05) is 0 Å². The largest absolute Gasteiger partial charge is 0.384 e. The van der Waals surface area contributed by atoms with Crippen LogP contribution in [0.2, 0.25) is 0 Å². The molecular weight excluding hydrogens is 160 g/mol. The third-order valence-corrected chi connectivity index (χ3v) is 1.74. The van der Waals surface area contributed by atoms with Crippen LogP contribution in [0.15, 0.2) is 24.3 Å². The average molecular weight is 169 g/mol. The molecule has 3 N–H and O–H groups in total. The van der Waals surface area contributed by atoms with Crippen LogP contribution < -0.4 is 5.73 Å². The molecule has 0 amide bonds. The first-order valence-corrected chi connectivity index (χ1v) is 3.77. The molecule has 0 aliphatic heterocycles. The Kier molecular flexibility index (Phi) is 2.49. The molecule has 0 aromatic heterocycles. The fraction of sp³-hybridized carbons (Fsp3) is 0.125. The zero-order valence-corrected chi connectivity index (χ0v) is 6.73. The summed E-state index contributed by atoms with van der Waals surface area (Å²) in [6, 6.07) is 7.38. The monoisotopic (exact) mass is 168 g/mol. The van der Waals surface area contributed by atoms with Crippen molar-refractivity contribution in [3.05, 3.63) is 35.4 Å². The minimum atomic E-state index is 0.0706. The smallest absolute Gasteiger partial charge is 0.123 e. The van der Waals surface area contributed by atoms with Crippen LogP contribution in [0.3, 0.4) is 0 Å². The highest BCUT2D eigenvalue weighted by Gasteiger charge is 2.01. The van der Waals surface area contributed by atoms with Gasteiger partial charge in [-0.05, 0) is 5.56 Å². The van der Waals surface area contributed by atoms with Crippen molar-refractivity contribution >= 4 is 17.4 Å². The van der Waals surface area contributed by atoms with Crippen LogP contribution >= 0.6 is 11.6 Å². The lowest BCUT2D eigenvalue weighted by Crippen LogP contribution is -2.12. The van der Waals surface area contributed by atoms with Crippen molar-refractivity contribution in [2.24, 2.45) is 5.73 Å². The van der Waals surface area contributed by atoms with E-state index in [2.05, 4.69) is 0 Å². The van der Waals surface area contributed by atoms with Crippen LogP contribution in [0.1, 0.15) is 11.1 Å². The van der Waals surface area contributed by atoms with Crippen molar-refractivity contribution in [1.29, 1.82) is 5.41 Å². The van der Waals surface area contributed by atoms with E-state index in [0.717, 1.165) is 11.1 Å². The molecular formula is C8H9ClN2. The van der Waals surface area contributed by atoms with Gasteiger partial charge in [-0.15, -0.1) is 11.6 Å². The molecule has 0 saturated heterocycles. The SMILES string of the molecule is N=C(N)c1ccccc1CCl. The highest BCUT2D eigenvalue weighted by molar-refractivity contribution is 6.17. The van der Waals surface area contributed by atoms with Gasteiger partial charge in [-0.25, -0.2) is 0 Å². The van der Waals surface area contributed by atoms with E-state index in [4.69, 9.17) is 22.7 Å². The molecule has 11 heavy (non-hydrogen) atoms. The summed E-state index contributed by atoms with van der Waals surface area (Å²) in [6.07, 6.45) is 0. The number of nitrogens with two attached hydrogens (primary N) is 1. The van der Waals surface area contributed by atoms with Crippen molar-refractivity contribution in [3.63, 3.8) is 0 Å². The zero-order chi connectivity index (χ0) is 8.27. The van der Waals surface area contributed by atoms with Gasteiger partial charge >= 0.3 is 0 Å². The number of benzene rings is 1. The van der Waals surface area contributed by atoms with Crippen LogP contribution in [0.25, 0.3) is 0 Å². The summed E-state index contributed by atoms with van der Waals surface area (Å²) < 4.78 is 0. The van der Waals surface area contributed by atoms with Gasteiger partial charge in [-0.3, -0.25) is 5.41 Å². The topological polar surface area (TPSA) is 49.9 Å². The molecule has 0 radical (unpaired) electrons. The summed E-state index contributed by atoms with van der Waals surface area (Å²) in [6.45, 7) is 0. The van der Waals surface area contributed by atoms with E-state index in [0.29, 0.717) is 5.88 Å². The molecule has 0 aliphatic rings. The number of hydrogen-bond donors (Lipinski definition) is 2.